The van der Waals surface area contributed by atoms with Crippen molar-refractivity contribution in [1.29, 1.82) is 0 Å². The van der Waals surface area contributed by atoms with Crippen molar-refractivity contribution < 1.29 is 17.9 Å². The third kappa shape index (κ3) is 2.12. The minimum Gasteiger partial charge on any atom is -0.387 e. The molecule has 0 amide bonds. The quantitative estimate of drug-likeness (QED) is 0.729. The SMILES string of the molecule is FC(F)(F)Oc1nccc2ncncc12. The Balaban J connectivity index is 2.52. The van der Waals surface area contributed by atoms with Crippen LogP contribution in [0.4, 0.5) is 13.2 Å². The summed E-state index contributed by atoms with van der Waals surface area (Å²) in [7, 11) is 0. The highest BCUT2D eigenvalue weighted by Gasteiger charge is 2.32. The molecule has 0 saturated heterocycles. The molecule has 2 aromatic heterocycles. The first-order chi connectivity index (χ1) is 7.06. The molecule has 2 heterocycles. The number of hydrogen-bond acceptors (Lipinski definition) is 4. The van der Waals surface area contributed by atoms with Gasteiger partial charge in [0.25, 0.3) is 0 Å². The van der Waals surface area contributed by atoms with Crippen molar-refractivity contribution in [1.82, 2.24) is 15.0 Å². The molecule has 78 valence electrons. The standard InChI is InChI=1S/C8H4F3N3O/c9-8(10,11)15-7-5-3-12-4-14-6(5)1-2-13-7/h1-4H. The Morgan fingerprint density at radius 3 is 2.73 bits per heavy atom. The molecule has 0 atom stereocenters. The predicted molar refractivity (Wildman–Crippen MR) is 44.0 cm³/mol. The number of pyridine rings is 1. The third-order valence-electron chi connectivity index (χ3n) is 1.61. The Morgan fingerprint density at radius 2 is 2.00 bits per heavy atom. The fourth-order valence-corrected chi connectivity index (χ4v) is 1.07. The number of halogens is 3. The van der Waals surface area contributed by atoms with Crippen LogP contribution in [0, 0.1) is 0 Å². The van der Waals surface area contributed by atoms with Gasteiger partial charge in [0.2, 0.25) is 5.88 Å². The number of ether oxygens (including phenoxy) is 1. The van der Waals surface area contributed by atoms with Gasteiger partial charge in [-0.3, -0.25) is 0 Å². The van der Waals surface area contributed by atoms with Crippen LogP contribution in [0.3, 0.4) is 0 Å². The Bertz CT molecular complexity index is 481. The van der Waals surface area contributed by atoms with Crippen molar-refractivity contribution in [3.05, 3.63) is 24.8 Å². The summed E-state index contributed by atoms with van der Waals surface area (Å²) in [6.45, 7) is 0. The second-order valence-corrected chi connectivity index (χ2v) is 2.62. The molecule has 2 rings (SSSR count). The van der Waals surface area contributed by atoms with Crippen molar-refractivity contribution >= 4 is 10.9 Å². The van der Waals surface area contributed by atoms with Gasteiger partial charge in [0.1, 0.15) is 6.33 Å². The van der Waals surface area contributed by atoms with Gasteiger partial charge in [-0.25, -0.2) is 15.0 Å². The van der Waals surface area contributed by atoms with E-state index in [1.54, 1.807) is 0 Å². The lowest BCUT2D eigenvalue weighted by molar-refractivity contribution is -0.275. The maximum Gasteiger partial charge on any atom is 0.574 e. The van der Waals surface area contributed by atoms with Crippen molar-refractivity contribution in [3.8, 4) is 5.88 Å². The van der Waals surface area contributed by atoms with E-state index in [9.17, 15) is 13.2 Å². The normalized spacial score (nSPS) is 11.7. The zero-order valence-electron chi connectivity index (χ0n) is 7.19. The summed E-state index contributed by atoms with van der Waals surface area (Å²) in [5.41, 5.74) is 0.347. The highest BCUT2D eigenvalue weighted by Crippen LogP contribution is 2.26. The van der Waals surface area contributed by atoms with Crippen LogP contribution in [-0.4, -0.2) is 21.3 Å². The van der Waals surface area contributed by atoms with E-state index in [1.807, 2.05) is 0 Å². The lowest BCUT2D eigenvalue weighted by Gasteiger charge is -2.08. The van der Waals surface area contributed by atoms with E-state index < -0.39 is 12.2 Å². The van der Waals surface area contributed by atoms with Gasteiger partial charge in [0, 0.05) is 12.4 Å². The topological polar surface area (TPSA) is 47.9 Å². The predicted octanol–water partition coefficient (Wildman–Crippen LogP) is 1.92. The maximum atomic E-state index is 12.0. The lowest BCUT2D eigenvalue weighted by Crippen LogP contribution is -2.18. The van der Waals surface area contributed by atoms with Crippen LogP contribution >= 0.6 is 0 Å². The van der Waals surface area contributed by atoms with Crippen molar-refractivity contribution in [3.63, 3.8) is 0 Å². The van der Waals surface area contributed by atoms with Gasteiger partial charge in [0.15, 0.2) is 0 Å². The molecule has 15 heavy (non-hydrogen) atoms. The molecule has 0 aliphatic carbocycles. The zero-order valence-corrected chi connectivity index (χ0v) is 7.19. The largest absolute Gasteiger partial charge is 0.574 e. The summed E-state index contributed by atoms with van der Waals surface area (Å²) in [6, 6.07) is 1.47. The van der Waals surface area contributed by atoms with E-state index in [4.69, 9.17) is 0 Å². The van der Waals surface area contributed by atoms with Gasteiger partial charge in [-0.05, 0) is 6.07 Å². The molecular formula is C8H4F3N3O. The summed E-state index contributed by atoms with van der Waals surface area (Å²) in [6.07, 6.45) is -1.12. The summed E-state index contributed by atoms with van der Waals surface area (Å²) in [5.74, 6) is -0.541. The Morgan fingerprint density at radius 1 is 1.20 bits per heavy atom. The van der Waals surface area contributed by atoms with E-state index >= 15 is 0 Å². The average molecular weight is 215 g/mol. The average Bonchev–Trinajstić information content (AvgIpc) is 2.16. The van der Waals surface area contributed by atoms with E-state index in [2.05, 4.69) is 19.7 Å². The van der Waals surface area contributed by atoms with E-state index in [-0.39, 0.29) is 5.39 Å². The molecule has 0 radical (unpaired) electrons. The molecule has 0 fully saturated rings. The number of fused-ring (bicyclic) bond motifs is 1. The van der Waals surface area contributed by atoms with Gasteiger partial charge >= 0.3 is 6.36 Å². The van der Waals surface area contributed by atoms with E-state index in [0.717, 1.165) is 0 Å². The molecule has 0 N–H and O–H groups in total. The molecule has 0 aliphatic heterocycles. The van der Waals surface area contributed by atoms with E-state index in [0.29, 0.717) is 5.52 Å². The zero-order chi connectivity index (χ0) is 10.9. The second-order valence-electron chi connectivity index (χ2n) is 2.62. The molecular weight excluding hydrogens is 211 g/mol. The molecule has 0 aromatic carbocycles. The fraction of sp³-hybridized carbons (Fsp3) is 0.125. The molecule has 0 spiro atoms. The van der Waals surface area contributed by atoms with Crippen LogP contribution in [0.2, 0.25) is 0 Å². The van der Waals surface area contributed by atoms with Gasteiger partial charge < -0.3 is 4.74 Å². The Labute approximate surface area is 81.7 Å². The molecule has 0 unspecified atom stereocenters. The van der Waals surface area contributed by atoms with Gasteiger partial charge in [-0.2, -0.15) is 0 Å². The van der Waals surface area contributed by atoms with E-state index in [1.165, 1.54) is 24.8 Å². The number of alkyl halides is 3. The molecule has 0 saturated carbocycles. The number of nitrogens with zero attached hydrogens (tertiary/aromatic N) is 3. The molecule has 0 bridgehead atoms. The van der Waals surface area contributed by atoms with Crippen LogP contribution in [0.1, 0.15) is 0 Å². The van der Waals surface area contributed by atoms with Gasteiger partial charge in [-0.15, -0.1) is 13.2 Å². The summed E-state index contributed by atoms with van der Waals surface area (Å²) < 4.78 is 39.6. The monoisotopic (exact) mass is 215 g/mol. The minimum absolute atomic E-state index is 0.123. The number of rotatable bonds is 1. The number of aromatic nitrogens is 3. The summed E-state index contributed by atoms with van der Waals surface area (Å²) in [5, 5.41) is 0.123. The summed E-state index contributed by atoms with van der Waals surface area (Å²) >= 11 is 0. The number of hydrogen-bond donors (Lipinski definition) is 0. The third-order valence-corrected chi connectivity index (χ3v) is 1.61. The molecule has 4 nitrogen and oxygen atoms in total. The van der Waals surface area contributed by atoms with Crippen molar-refractivity contribution in [2.75, 3.05) is 0 Å². The molecule has 2 aromatic rings. The van der Waals surface area contributed by atoms with Crippen LogP contribution in [0.15, 0.2) is 24.8 Å². The highest BCUT2D eigenvalue weighted by atomic mass is 19.4. The Hall–Kier alpha value is -1.92. The van der Waals surface area contributed by atoms with Crippen LogP contribution in [0.5, 0.6) is 5.88 Å². The van der Waals surface area contributed by atoms with Crippen molar-refractivity contribution in [2.24, 2.45) is 0 Å². The van der Waals surface area contributed by atoms with Crippen molar-refractivity contribution in [2.45, 2.75) is 6.36 Å². The van der Waals surface area contributed by atoms with Crippen LogP contribution in [-0.2, 0) is 0 Å². The first-order valence-corrected chi connectivity index (χ1v) is 3.87. The van der Waals surface area contributed by atoms with Crippen LogP contribution < -0.4 is 4.74 Å². The Kier molecular flexibility index (Phi) is 2.14. The van der Waals surface area contributed by atoms with Crippen LogP contribution in [0.25, 0.3) is 10.9 Å². The molecule has 0 aliphatic rings. The second kappa shape index (κ2) is 3.34. The molecule has 7 heteroatoms. The fourth-order valence-electron chi connectivity index (χ4n) is 1.07. The minimum atomic E-state index is -4.77. The first kappa shape index (κ1) is 9.63. The lowest BCUT2D eigenvalue weighted by atomic mass is 10.3. The maximum absolute atomic E-state index is 12.0. The first-order valence-electron chi connectivity index (χ1n) is 3.87. The summed E-state index contributed by atoms with van der Waals surface area (Å²) in [4.78, 5) is 10.8. The van der Waals surface area contributed by atoms with Gasteiger partial charge in [-0.1, -0.05) is 0 Å². The van der Waals surface area contributed by atoms with Gasteiger partial charge in [0.05, 0.1) is 10.9 Å². The highest BCUT2D eigenvalue weighted by molar-refractivity contribution is 5.81. The smallest absolute Gasteiger partial charge is 0.387 e.